The van der Waals surface area contributed by atoms with Gasteiger partial charge in [0.25, 0.3) is 0 Å². The minimum absolute atomic E-state index is 0.490. The Morgan fingerprint density at radius 1 is 1.00 bits per heavy atom. The zero-order valence-corrected chi connectivity index (χ0v) is 18.8. The second-order valence-electron chi connectivity index (χ2n) is 8.58. The topological polar surface area (TPSA) is 28.4 Å². The van der Waals surface area contributed by atoms with E-state index in [4.69, 9.17) is 23.2 Å². The van der Waals surface area contributed by atoms with E-state index >= 15 is 0 Å². The lowest BCUT2D eigenvalue weighted by Crippen LogP contribution is -2.33. The molecule has 0 saturated carbocycles. The van der Waals surface area contributed by atoms with Gasteiger partial charge in [-0.15, -0.1) is 0 Å². The molecule has 3 aromatic rings. The first-order valence-electron chi connectivity index (χ1n) is 10.3. The van der Waals surface area contributed by atoms with Crippen molar-refractivity contribution in [3.63, 3.8) is 0 Å². The predicted molar refractivity (Wildman–Crippen MR) is 122 cm³/mol. The standard InChI is InChI=1S/C24H28Cl2N2O/c1-16(2)27-12-10-20-21-14-19(26)8-9-22(21)28(23(20)11-13-27)15-24(3,29)17-4-6-18(25)7-5-17/h4-9,14,16,29H,10-13,15H2,1-3H3. The van der Waals surface area contributed by atoms with Crippen LogP contribution in [-0.2, 0) is 25.0 Å². The molecule has 0 aliphatic carbocycles. The van der Waals surface area contributed by atoms with Crippen LogP contribution in [0.2, 0.25) is 10.0 Å². The molecule has 1 aromatic heterocycles. The first-order valence-corrected chi connectivity index (χ1v) is 11.0. The Morgan fingerprint density at radius 2 is 1.66 bits per heavy atom. The van der Waals surface area contributed by atoms with Crippen molar-refractivity contribution in [2.45, 2.75) is 51.8 Å². The normalized spacial score (nSPS) is 17.3. The summed E-state index contributed by atoms with van der Waals surface area (Å²) in [5.74, 6) is 0. The summed E-state index contributed by atoms with van der Waals surface area (Å²) in [5.41, 5.74) is 3.70. The van der Waals surface area contributed by atoms with Crippen molar-refractivity contribution in [2.24, 2.45) is 0 Å². The molecule has 2 heterocycles. The molecule has 5 heteroatoms. The molecule has 3 nitrogen and oxygen atoms in total. The lowest BCUT2D eigenvalue weighted by Gasteiger charge is -2.27. The molecule has 1 unspecified atom stereocenters. The van der Waals surface area contributed by atoms with Crippen LogP contribution in [0.1, 0.15) is 37.6 Å². The van der Waals surface area contributed by atoms with Crippen molar-refractivity contribution in [2.75, 3.05) is 13.1 Å². The number of hydrogen-bond acceptors (Lipinski definition) is 2. The average molecular weight is 431 g/mol. The van der Waals surface area contributed by atoms with Crippen LogP contribution in [0.4, 0.5) is 0 Å². The van der Waals surface area contributed by atoms with Gasteiger partial charge < -0.3 is 14.6 Å². The molecule has 0 saturated heterocycles. The van der Waals surface area contributed by atoms with Crippen molar-refractivity contribution in [1.29, 1.82) is 0 Å². The summed E-state index contributed by atoms with van der Waals surface area (Å²) < 4.78 is 2.30. The van der Waals surface area contributed by atoms with Gasteiger partial charge in [0.05, 0.1) is 6.54 Å². The maximum atomic E-state index is 11.4. The van der Waals surface area contributed by atoms with Crippen LogP contribution < -0.4 is 0 Å². The van der Waals surface area contributed by atoms with Gasteiger partial charge in [-0.3, -0.25) is 0 Å². The third kappa shape index (κ3) is 4.06. The quantitative estimate of drug-likeness (QED) is 0.577. The smallest absolute Gasteiger partial charge is 0.105 e. The molecule has 1 atom stereocenters. The number of halogens is 2. The second-order valence-corrected chi connectivity index (χ2v) is 9.46. The summed E-state index contributed by atoms with van der Waals surface area (Å²) >= 11 is 12.4. The fourth-order valence-corrected chi connectivity index (χ4v) is 4.83. The van der Waals surface area contributed by atoms with Crippen molar-refractivity contribution in [3.8, 4) is 0 Å². The summed E-state index contributed by atoms with van der Waals surface area (Å²) in [4.78, 5) is 2.53. The molecule has 154 valence electrons. The number of nitrogens with zero attached hydrogens (tertiary/aromatic N) is 2. The molecule has 0 fully saturated rings. The first-order chi connectivity index (χ1) is 13.8. The van der Waals surface area contributed by atoms with E-state index in [1.165, 1.54) is 16.6 Å². The van der Waals surface area contributed by atoms with Crippen LogP contribution in [0.5, 0.6) is 0 Å². The Morgan fingerprint density at radius 3 is 2.34 bits per heavy atom. The minimum atomic E-state index is -1.01. The molecular weight excluding hydrogens is 403 g/mol. The van der Waals surface area contributed by atoms with E-state index < -0.39 is 5.60 Å². The monoisotopic (exact) mass is 430 g/mol. The SMILES string of the molecule is CC(C)N1CCc2c(n(CC(C)(O)c3ccc(Cl)cc3)c3ccc(Cl)cc23)CC1. The first kappa shape index (κ1) is 20.7. The van der Waals surface area contributed by atoms with E-state index in [9.17, 15) is 5.11 Å². The Hall–Kier alpha value is -1.52. The van der Waals surface area contributed by atoms with Gasteiger partial charge in [-0.25, -0.2) is 0 Å². The van der Waals surface area contributed by atoms with E-state index in [1.54, 1.807) is 0 Å². The Labute approximate surface area is 182 Å². The second kappa shape index (κ2) is 7.96. The highest BCUT2D eigenvalue weighted by molar-refractivity contribution is 6.31. The van der Waals surface area contributed by atoms with Gasteiger partial charge in [0, 0.05) is 52.2 Å². The predicted octanol–water partition coefficient (Wildman–Crippen LogP) is 5.66. The fraction of sp³-hybridized carbons (Fsp3) is 0.417. The highest BCUT2D eigenvalue weighted by atomic mass is 35.5. The number of aromatic nitrogens is 1. The molecule has 0 bridgehead atoms. The van der Waals surface area contributed by atoms with Gasteiger partial charge in [0.2, 0.25) is 0 Å². The number of rotatable bonds is 4. The molecular formula is C24H28Cl2N2O. The highest BCUT2D eigenvalue weighted by Gasteiger charge is 2.29. The zero-order valence-electron chi connectivity index (χ0n) is 17.3. The molecule has 1 aliphatic heterocycles. The molecule has 0 radical (unpaired) electrons. The van der Waals surface area contributed by atoms with E-state index in [0.29, 0.717) is 17.6 Å². The number of aliphatic hydroxyl groups is 1. The molecule has 1 aliphatic rings. The zero-order chi connectivity index (χ0) is 20.8. The van der Waals surface area contributed by atoms with E-state index in [1.807, 2.05) is 37.3 Å². The van der Waals surface area contributed by atoms with Crippen molar-refractivity contribution in [1.82, 2.24) is 9.47 Å². The lowest BCUT2D eigenvalue weighted by atomic mass is 9.95. The molecule has 0 amide bonds. The average Bonchev–Trinajstić information content (AvgIpc) is 2.82. The molecule has 1 N–H and O–H groups in total. The largest absolute Gasteiger partial charge is 0.384 e. The molecule has 4 rings (SSSR count). The number of fused-ring (bicyclic) bond motifs is 3. The fourth-order valence-electron chi connectivity index (χ4n) is 4.54. The van der Waals surface area contributed by atoms with Crippen LogP contribution >= 0.6 is 23.2 Å². The van der Waals surface area contributed by atoms with E-state index in [-0.39, 0.29) is 0 Å². The lowest BCUT2D eigenvalue weighted by molar-refractivity contribution is 0.0387. The van der Waals surface area contributed by atoms with Crippen molar-refractivity contribution < 1.29 is 5.11 Å². The number of hydrogen-bond donors (Lipinski definition) is 1. The van der Waals surface area contributed by atoms with Crippen LogP contribution in [-0.4, -0.2) is 33.7 Å². The third-order valence-corrected chi connectivity index (χ3v) is 6.68. The summed E-state index contributed by atoms with van der Waals surface area (Å²) in [5, 5.41) is 14.0. The van der Waals surface area contributed by atoms with Crippen LogP contribution in [0, 0.1) is 0 Å². The molecule has 2 aromatic carbocycles. The summed E-state index contributed by atoms with van der Waals surface area (Å²) in [6.07, 6.45) is 1.97. The van der Waals surface area contributed by atoms with Crippen LogP contribution in [0.3, 0.4) is 0 Å². The van der Waals surface area contributed by atoms with Crippen LogP contribution in [0.25, 0.3) is 10.9 Å². The van der Waals surface area contributed by atoms with E-state index in [0.717, 1.165) is 42.0 Å². The summed E-state index contributed by atoms with van der Waals surface area (Å²) in [6.45, 7) is 8.95. The van der Waals surface area contributed by atoms with Crippen LogP contribution in [0.15, 0.2) is 42.5 Å². The maximum Gasteiger partial charge on any atom is 0.105 e. The summed E-state index contributed by atoms with van der Waals surface area (Å²) in [6, 6.07) is 14.1. The van der Waals surface area contributed by atoms with E-state index in [2.05, 4.69) is 35.4 Å². The Bertz CT molecular complexity index is 1020. The Balaban J connectivity index is 1.79. The number of benzene rings is 2. The Kier molecular flexibility index (Phi) is 5.69. The third-order valence-electron chi connectivity index (χ3n) is 6.20. The highest BCUT2D eigenvalue weighted by Crippen LogP contribution is 2.34. The van der Waals surface area contributed by atoms with Gasteiger partial charge in [0.1, 0.15) is 5.60 Å². The van der Waals surface area contributed by atoms with Gasteiger partial charge in [-0.05, 0) is 68.7 Å². The van der Waals surface area contributed by atoms with Gasteiger partial charge in [-0.2, -0.15) is 0 Å². The molecule has 0 spiro atoms. The van der Waals surface area contributed by atoms with Crippen molar-refractivity contribution >= 4 is 34.1 Å². The van der Waals surface area contributed by atoms with Gasteiger partial charge in [0.15, 0.2) is 0 Å². The summed E-state index contributed by atoms with van der Waals surface area (Å²) in [7, 11) is 0. The minimum Gasteiger partial charge on any atom is -0.384 e. The molecule has 29 heavy (non-hydrogen) atoms. The van der Waals surface area contributed by atoms with Gasteiger partial charge in [-0.1, -0.05) is 35.3 Å². The van der Waals surface area contributed by atoms with Crippen molar-refractivity contribution in [3.05, 3.63) is 69.3 Å². The maximum absolute atomic E-state index is 11.4. The van der Waals surface area contributed by atoms with Gasteiger partial charge >= 0.3 is 0 Å².